The lowest BCUT2D eigenvalue weighted by Gasteiger charge is -2.04. The van der Waals surface area contributed by atoms with Crippen LogP contribution in [0.15, 0.2) is 36.4 Å². The molecule has 1 nitrogen and oxygen atoms in total. The highest BCUT2D eigenvalue weighted by Gasteiger charge is 2.05. The average molecular weight is 222 g/mol. The van der Waals surface area contributed by atoms with Gasteiger partial charge >= 0.3 is 0 Å². The van der Waals surface area contributed by atoms with Crippen LogP contribution in [0.2, 0.25) is 5.15 Å². The molecular weight excluding hydrogens is 213 g/mol. The minimum absolute atomic E-state index is 0.251. The van der Waals surface area contributed by atoms with Gasteiger partial charge in [0, 0.05) is 11.3 Å². The fourth-order valence-corrected chi connectivity index (χ4v) is 1.73. The van der Waals surface area contributed by atoms with E-state index < -0.39 is 0 Å². The molecule has 0 fully saturated rings. The van der Waals surface area contributed by atoms with Crippen LogP contribution >= 0.6 is 11.6 Å². The zero-order valence-corrected chi connectivity index (χ0v) is 8.92. The molecule has 2 rings (SSSR count). The lowest BCUT2D eigenvalue weighted by molar-refractivity contribution is 0.631. The molecule has 0 saturated carbocycles. The van der Waals surface area contributed by atoms with Crippen LogP contribution in [-0.2, 0) is 0 Å². The van der Waals surface area contributed by atoms with Crippen molar-refractivity contribution in [2.75, 3.05) is 0 Å². The molecule has 0 saturated heterocycles. The van der Waals surface area contributed by atoms with Gasteiger partial charge in [0.2, 0.25) is 0 Å². The minimum Gasteiger partial charge on any atom is -0.241 e. The van der Waals surface area contributed by atoms with E-state index in [1.807, 2.05) is 13.0 Å². The molecular formula is C12H9ClFN. The Kier molecular flexibility index (Phi) is 2.69. The molecule has 1 heterocycles. The summed E-state index contributed by atoms with van der Waals surface area (Å²) in [4.78, 5) is 4.03. The predicted octanol–water partition coefficient (Wildman–Crippen LogP) is 3.85. The maximum Gasteiger partial charge on any atom is 0.131 e. The van der Waals surface area contributed by atoms with Crippen molar-refractivity contribution in [2.24, 2.45) is 0 Å². The highest BCUT2D eigenvalue weighted by Crippen LogP contribution is 2.24. The molecule has 0 aliphatic heterocycles. The number of aryl methyl sites for hydroxylation is 1. The van der Waals surface area contributed by atoms with Gasteiger partial charge in [0.05, 0.1) is 0 Å². The zero-order valence-electron chi connectivity index (χ0n) is 8.17. The van der Waals surface area contributed by atoms with Gasteiger partial charge < -0.3 is 0 Å². The predicted molar refractivity (Wildman–Crippen MR) is 59.4 cm³/mol. The highest BCUT2D eigenvalue weighted by atomic mass is 35.5. The van der Waals surface area contributed by atoms with E-state index in [4.69, 9.17) is 11.6 Å². The summed E-state index contributed by atoms with van der Waals surface area (Å²) in [7, 11) is 0. The van der Waals surface area contributed by atoms with Crippen molar-refractivity contribution >= 4 is 11.6 Å². The van der Waals surface area contributed by atoms with Crippen LogP contribution in [0.4, 0.5) is 4.39 Å². The van der Waals surface area contributed by atoms with Gasteiger partial charge in [-0.3, -0.25) is 0 Å². The van der Waals surface area contributed by atoms with Gasteiger partial charge in [0.1, 0.15) is 11.0 Å². The standard InChI is InChI=1S/C12H9ClFN/c1-8-6-9(7-12(13)15-8)10-4-2-3-5-11(10)14/h2-7H,1H3. The smallest absolute Gasteiger partial charge is 0.131 e. The molecule has 1 aromatic carbocycles. The van der Waals surface area contributed by atoms with Crippen LogP contribution in [0, 0.1) is 12.7 Å². The van der Waals surface area contributed by atoms with Crippen LogP contribution in [0.3, 0.4) is 0 Å². The largest absolute Gasteiger partial charge is 0.241 e. The first kappa shape index (κ1) is 10.1. The summed E-state index contributed by atoms with van der Waals surface area (Å²) < 4.78 is 13.5. The van der Waals surface area contributed by atoms with Crippen LogP contribution < -0.4 is 0 Å². The molecule has 0 unspecified atom stereocenters. The monoisotopic (exact) mass is 221 g/mol. The molecule has 0 N–H and O–H groups in total. The summed E-state index contributed by atoms with van der Waals surface area (Å²) in [5.41, 5.74) is 2.08. The molecule has 2 aromatic rings. The van der Waals surface area contributed by atoms with Crippen LogP contribution in [0.1, 0.15) is 5.69 Å². The third-order valence-electron chi connectivity index (χ3n) is 2.11. The maximum absolute atomic E-state index is 13.5. The van der Waals surface area contributed by atoms with E-state index in [0.717, 1.165) is 11.3 Å². The number of hydrogen-bond acceptors (Lipinski definition) is 1. The Morgan fingerprint density at radius 2 is 1.93 bits per heavy atom. The maximum atomic E-state index is 13.5. The molecule has 0 aliphatic rings. The number of rotatable bonds is 1. The molecule has 0 bridgehead atoms. The van der Waals surface area contributed by atoms with Gasteiger partial charge in [-0.25, -0.2) is 9.37 Å². The van der Waals surface area contributed by atoms with Crippen LogP contribution in [-0.4, -0.2) is 4.98 Å². The summed E-state index contributed by atoms with van der Waals surface area (Å²) in [6, 6.07) is 10.1. The zero-order chi connectivity index (χ0) is 10.8. The molecule has 15 heavy (non-hydrogen) atoms. The first-order chi connectivity index (χ1) is 7.16. The number of pyridine rings is 1. The average Bonchev–Trinajstić information content (AvgIpc) is 2.16. The highest BCUT2D eigenvalue weighted by molar-refractivity contribution is 6.29. The van der Waals surface area contributed by atoms with Crippen molar-refractivity contribution in [1.82, 2.24) is 4.98 Å². The third-order valence-corrected chi connectivity index (χ3v) is 2.30. The quantitative estimate of drug-likeness (QED) is 0.667. The van der Waals surface area contributed by atoms with Gasteiger partial charge in [0.15, 0.2) is 0 Å². The Balaban J connectivity index is 2.59. The van der Waals surface area contributed by atoms with Crippen molar-refractivity contribution in [3.8, 4) is 11.1 Å². The van der Waals surface area contributed by atoms with Crippen molar-refractivity contribution < 1.29 is 4.39 Å². The molecule has 0 aliphatic carbocycles. The second kappa shape index (κ2) is 3.99. The van der Waals surface area contributed by atoms with Crippen LogP contribution in [0.25, 0.3) is 11.1 Å². The summed E-state index contributed by atoms with van der Waals surface area (Å²) >= 11 is 5.82. The normalized spacial score (nSPS) is 10.3. The Morgan fingerprint density at radius 1 is 1.20 bits per heavy atom. The van der Waals surface area contributed by atoms with Gasteiger partial charge in [-0.1, -0.05) is 29.8 Å². The molecule has 0 spiro atoms. The van der Waals surface area contributed by atoms with E-state index in [1.165, 1.54) is 6.07 Å². The first-order valence-electron chi connectivity index (χ1n) is 4.56. The van der Waals surface area contributed by atoms with E-state index in [-0.39, 0.29) is 5.82 Å². The minimum atomic E-state index is -0.251. The van der Waals surface area contributed by atoms with Crippen molar-refractivity contribution in [3.63, 3.8) is 0 Å². The van der Waals surface area contributed by atoms with Gasteiger partial charge in [-0.15, -0.1) is 0 Å². The SMILES string of the molecule is Cc1cc(-c2ccccc2F)cc(Cl)n1. The van der Waals surface area contributed by atoms with E-state index in [2.05, 4.69) is 4.98 Å². The van der Waals surface area contributed by atoms with Crippen molar-refractivity contribution in [1.29, 1.82) is 0 Å². The summed E-state index contributed by atoms with van der Waals surface area (Å²) in [5, 5.41) is 0.383. The fraction of sp³-hybridized carbons (Fsp3) is 0.0833. The summed E-state index contributed by atoms with van der Waals surface area (Å²) in [5.74, 6) is -0.251. The summed E-state index contributed by atoms with van der Waals surface area (Å²) in [6.07, 6.45) is 0. The number of benzene rings is 1. The van der Waals surface area contributed by atoms with Crippen molar-refractivity contribution in [3.05, 3.63) is 53.1 Å². The van der Waals surface area contributed by atoms with E-state index >= 15 is 0 Å². The summed E-state index contributed by atoms with van der Waals surface area (Å²) in [6.45, 7) is 1.83. The first-order valence-corrected chi connectivity index (χ1v) is 4.94. The fourth-order valence-electron chi connectivity index (χ4n) is 1.48. The third kappa shape index (κ3) is 2.16. The topological polar surface area (TPSA) is 12.9 Å². The van der Waals surface area contributed by atoms with Crippen molar-refractivity contribution in [2.45, 2.75) is 6.92 Å². The van der Waals surface area contributed by atoms with Gasteiger partial charge in [-0.2, -0.15) is 0 Å². The Bertz CT molecular complexity index is 476. The molecule has 76 valence electrons. The van der Waals surface area contributed by atoms with E-state index in [0.29, 0.717) is 10.7 Å². The number of hydrogen-bond donors (Lipinski definition) is 0. The van der Waals surface area contributed by atoms with E-state index in [9.17, 15) is 4.39 Å². The van der Waals surface area contributed by atoms with E-state index in [1.54, 1.807) is 24.3 Å². The molecule has 0 amide bonds. The van der Waals surface area contributed by atoms with Gasteiger partial charge in [0.25, 0.3) is 0 Å². The lowest BCUT2D eigenvalue weighted by atomic mass is 10.1. The number of nitrogens with zero attached hydrogens (tertiary/aromatic N) is 1. The lowest BCUT2D eigenvalue weighted by Crippen LogP contribution is -1.87. The second-order valence-electron chi connectivity index (χ2n) is 3.30. The van der Waals surface area contributed by atoms with Crippen LogP contribution in [0.5, 0.6) is 0 Å². The molecule has 1 aromatic heterocycles. The molecule has 0 radical (unpaired) electrons. The second-order valence-corrected chi connectivity index (χ2v) is 3.69. The molecule has 3 heteroatoms. The Hall–Kier alpha value is -1.41. The van der Waals surface area contributed by atoms with Gasteiger partial charge in [-0.05, 0) is 30.7 Å². The Labute approximate surface area is 92.5 Å². The Morgan fingerprint density at radius 3 is 2.60 bits per heavy atom. The number of halogens is 2. The number of aromatic nitrogens is 1. The molecule has 0 atom stereocenters.